The summed E-state index contributed by atoms with van der Waals surface area (Å²) in [6, 6.07) is 0.702. The molecule has 1 aliphatic heterocycles. The van der Waals surface area contributed by atoms with E-state index >= 15 is 0 Å². The Morgan fingerprint density at radius 3 is 2.80 bits per heavy atom. The quantitative estimate of drug-likeness (QED) is 0.840. The molecule has 1 aromatic heterocycles. The molecule has 1 aromatic rings. The van der Waals surface area contributed by atoms with Gasteiger partial charge in [0.25, 0.3) is 0 Å². The Labute approximate surface area is 117 Å². The van der Waals surface area contributed by atoms with Gasteiger partial charge in [-0.05, 0) is 12.1 Å². The molecule has 1 aliphatic rings. The summed E-state index contributed by atoms with van der Waals surface area (Å²) in [6.07, 6.45) is -4.55. The van der Waals surface area contributed by atoms with Gasteiger partial charge in [0.1, 0.15) is 17.0 Å². The van der Waals surface area contributed by atoms with Gasteiger partial charge < -0.3 is 15.4 Å². The van der Waals surface area contributed by atoms with Gasteiger partial charge in [-0.25, -0.2) is 4.98 Å². The summed E-state index contributed by atoms with van der Waals surface area (Å²) < 4.78 is 43.3. The first-order valence-electron chi connectivity index (χ1n) is 5.67. The maximum Gasteiger partial charge on any atom is 0.416 e. The van der Waals surface area contributed by atoms with Gasteiger partial charge in [-0.2, -0.15) is 13.2 Å². The second-order valence-electron chi connectivity index (χ2n) is 4.22. The zero-order valence-corrected chi connectivity index (χ0v) is 10.9. The van der Waals surface area contributed by atoms with Gasteiger partial charge in [-0.3, -0.25) is 4.79 Å². The lowest BCUT2D eigenvalue weighted by Gasteiger charge is -2.34. The minimum Gasteiger partial charge on any atom is -0.377 e. The second kappa shape index (κ2) is 5.45. The van der Waals surface area contributed by atoms with Gasteiger partial charge in [-0.1, -0.05) is 11.6 Å². The third-order valence-electron chi connectivity index (χ3n) is 2.86. The van der Waals surface area contributed by atoms with Crippen LogP contribution in [-0.4, -0.2) is 36.7 Å². The summed E-state index contributed by atoms with van der Waals surface area (Å²) in [6.45, 7) is 0.475. The Morgan fingerprint density at radius 2 is 2.20 bits per heavy atom. The lowest BCUT2D eigenvalue weighted by atomic mass is 10.2. The van der Waals surface area contributed by atoms with E-state index in [1.807, 2.05) is 0 Å². The van der Waals surface area contributed by atoms with E-state index in [0.29, 0.717) is 0 Å². The topological polar surface area (TPSA) is 68.5 Å². The van der Waals surface area contributed by atoms with Crippen molar-refractivity contribution in [2.45, 2.75) is 12.2 Å². The number of carbonyl (C=O) groups excluding carboxylic acids is 1. The fraction of sp³-hybridized carbons (Fsp3) is 0.455. The number of ether oxygens (including phenoxy) is 1. The van der Waals surface area contributed by atoms with Crippen molar-refractivity contribution in [3.05, 3.63) is 22.8 Å². The number of morpholine rings is 1. The SMILES string of the molecule is NC(=O)C1COCCN1c1cc(C(F)(F)F)cc(Cl)n1. The van der Waals surface area contributed by atoms with E-state index in [1.165, 1.54) is 4.90 Å². The molecular weight excluding hydrogens is 299 g/mol. The number of aromatic nitrogens is 1. The van der Waals surface area contributed by atoms with E-state index in [0.717, 1.165) is 12.1 Å². The van der Waals surface area contributed by atoms with Gasteiger partial charge >= 0.3 is 6.18 Å². The zero-order valence-electron chi connectivity index (χ0n) is 10.2. The Hall–Kier alpha value is -1.54. The molecule has 9 heteroatoms. The fourth-order valence-electron chi connectivity index (χ4n) is 1.91. The molecular formula is C11H11ClF3N3O2. The Bertz CT molecular complexity index is 524. The third-order valence-corrected chi connectivity index (χ3v) is 3.05. The number of rotatable bonds is 2. The number of amides is 1. The summed E-state index contributed by atoms with van der Waals surface area (Å²) >= 11 is 5.62. The first-order chi connectivity index (χ1) is 9.29. The highest BCUT2D eigenvalue weighted by atomic mass is 35.5. The number of alkyl halides is 3. The summed E-state index contributed by atoms with van der Waals surface area (Å²) in [7, 11) is 0. The molecule has 0 saturated carbocycles. The molecule has 20 heavy (non-hydrogen) atoms. The van der Waals surface area contributed by atoms with E-state index < -0.39 is 23.7 Å². The number of primary amides is 1. The number of carbonyl (C=O) groups is 1. The van der Waals surface area contributed by atoms with Crippen LogP contribution < -0.4 is 10.6 Å². The Balaban J connectivity index is 2.40. The predicted molar refractivity (Wildman–Crippen MR) is 65.4 cm³/mol. The van der Waals surface area contributed by atoms with E-state index in [1.54, 1.807) is 0 Å². The lowest BCUT2D eigenvalue weighted by molar-refractivity contribution is -0.137. The van der Waals surface area contributed by atoms with Gasteiger partial charge in [0, 0.05) is 6.54 Å². The molecule has 1 amide bonds. The maximum absolute atomic E-state index is 12.7. The van der Waals surface area contributed by atoms with Crippen LogP contribution in [0.3, 0.4) is 0 Å². The van der Waals surface area contributed by atoms with Crippen molar-refractivity contribution >= 4 is 23.3 Å². The number of hydrogen-bond donors (Lipinski definition) is 1. The number of anilines is 1. The largest absolute Gasteiger partial charge is 0.416 e. The van der Waals surface area contributed by atoms with Crippen molar-refractivity contribution in [1.29, 1.82) is 0 Å². The minimum absolute atomic E-state index is 0.00484. The molecule has 1 saturated heterocycles. The number of nitrogens with zero attached hydrogens (tertiary/aromatic N) is 2. The van der Waals surface area contributed by atoms with Crippen LogP contribution in [0.15, 0.2) is 12.1 Å². The van der Waals surface area contributed by atoms with Crippen LogP contribution in [-0.2, 0) is 15.7 Å². The average molecular weight is 310 g/mol. The van der Waals surface area contributed by atoms with E-state index in [2.05, 4.69) is 4.98 Å². The van der Waals surface area contributed by atoms with Crippen molar-refractivity contribution in [3.8, 4) is 0 Å². The highest BCUT2D eigenvalue weighted by molar-refractivity contribution is 6.29. The molecule has 0 bridgehead atoms. The van der Waals surface area contributed by atoms with Gasteiger partial charge in [-0.15, -0.1) is 0 Å². The third kappa shape index (κ3) is 3.13. The van der Waals surface area contributed by atoms with Crippen LogP contribution in [0.4, 0.5) is 19.0 Å². The first-order valence-corrected chi connectivity index (χ1v) is 6.05. The molecule has 5 nitrogen and oxygen atoms in total. The molecule has 2 N–H and O–H groups in total. The molecule has 110 valence electrons. The molecule has 2 heterocycles. The molecule has 2 rings (SSSR count). The standard InChI is InChI=1S/C11H11ClF3N3O2/c12-8-3-6(11(13,14)15)4-9(17-8)18-1-2-20-5-7(18)10(16)19/h3-4,7H,1-2,5H2,(H2,16,19). The molecule has 1 atom stereocenters. The van der Waals surface area contributed by atoms with Crippen molar-refractivity contribution in [3.63, 3.8) is 0 Å². The van der Waals surface area contributed by atoms with E-state index in [9.17, 15) is 18.0 Å². The van der Waals surface area contributed by atoms with Crippen LogP contribution in [0, 0.1) is 0 Å². The fourth-order valence-corrected chi connectivity index (χ4v) is 2.11. The van der Waals surface area contributed by atoms with Gasteiger partial charge in [0.05, 0.1) is 18.8 Å². The van der Waals surface area contributed by atoms with Crippen molar-refractivity contribution in [2.24, 2.45) is 5.73 Å². The van der Waals surface area contributed by atoms with Gasteiger partial charge in [0.2, 0.25) is 5.91 Å². The zero-order chi connectivity index (χ0) is 14.9. The summed E-state index contributed by atoms with van der Waals surface area (Å²) in [5.41, 5.74) is 4.28. The highest BCUT2D eigenvalue weighted by Gasteiger charge is 2.34. The Morgan fingerprint density at radius 1 is 1.50 bits per heavy atom. The van der Waals surface area contributed by atoms with Crippen LogP contribution in [0.5, 0.6) is 0 Å². The molecule has 1 fully saturated rings. The maximum atomic E-state index is 12.7. The molecule has 0 spiro atoms. The first kappa shape index (κ1) is 14.9. The van der Waals surface area contributed by atoms with Crippen LogP contribution in [0.2, 0.25) is 5.15 Å². The molecule has 0 radical (unpaired) electrons. The number of halogens is 4. The smallest absolute Gasteiger partial charge is 0.377 e. The van der Waals surface area contributed by atoms with E-state index in [-0.39, 0.29) is 30.7 Å². The summed E-state index contributed by atoms with van der Waals surface area (Å²) in [4.78, 5) is 16.5. The van der Waals surface area contributed by atoms with Gasteiger partial charge in [0.15, 0.2) is 0 Å². The van der Waals surface area contributed by atoms with Crippen molar-refractivity contribution < 1.29 is 22.7 Å². The molecule has 0 aromatic carbocycles. The predicted octanol–water partition coefficient (Wildman–Crippen LogP) is 1.44. The monoisotopic (exact) mass is 309 g/mol. The van der Waals surface area contributed by atoms with Crippen LogP contribution in [0.1, 0.15) is 5.56 Å². The average Bonchev–Trinajstić information content (AvgIpc) is 2.37. The minimum atomic E-state index is -4.55. The van der Waals surface area contributed by atoms with Crippen LogP contribution >= 0.6 is 11.6 Å². The lowest BCUT2D eigenvalue weighted by Crippen LogP contribution is -2.53. The summed E-state index contributed by atoms with van der Waals surface area (Å²) in [5, 5.41) is -0.301. The van der Waals surface area contributed by atoms with Crippen LogP contribution in [0.25, 0.3) is 0 Å². The van der Waals surface area contributed by atoms with Crippen molar-refractivity contribution in [1.82, 2.24) is 4.98 Å². The number of pyridine rings is 1. The van der Waals surface area contributed by atoms with E-state index in [4.69, 9.17) is 22.1 Å². The molecule has 0 aliphatic carbocycles. The highest BCUT2D eigenvalue weighted by Crippen LogP contribution is 2.33. The molecule has 1 unspecified atom stereocenters. The number of hydrogen-bond acceptors (Lipinski definition) is 4. The Kier molecular flexibility index (Phi) is 4.05. The summed E-state index contributed by atoms with van der Waals surface area (Å²) in [5.74, 6) is -0.739. The number of nitrogens with two attached hydrogens (primary N) is 1. The van der Waals surface area contributed by atoms with Crippen molar-refractivity contribution in [2.75, 3.05) is 24.7 Å². The second-order valence-corrected chi connectivity index (χ2v) is 4.61. The normalized spacial score (nSPS) is 20.0.